The summed E-state index contributed by atoms with van der Waals surface area (Å²) in [6.07, 6.45) is 1.42. The average molecular weight is 258 g/mol. The summed E-state index contributed by atoms with van der Waals surface area (Å²) in [5.74, 6) is -1.46. The highest BCUT2D eigenvalue weighted by Gasteiger charge is 2.10. The van der Waals surface area contributed by atoms with Gasteiger partial charge in [0.2, 0.25) is 0 Å². The van der Waals surface area contributed by atoms with Crippen molar-refractivity contribution in [3.8, 4) is 6.07 Å². The van der Waals surface area contributed by atoms with Gasteiger partial charge in [-0.2, -0.15) is 5.26 Å². The van der Waals surface area contributed by atoms with Gasteiger partial charge in [0.15, 0.2) is 0 Å². The smallest absolute Gasteiger partial charge is 0.335 e. The van der Waals surface area contributed by atoms with Gasteiger partial charge in [-0.25, -0.2) is 4.79 Å². The zero-order valence-electron chi connectivity index (χ0n) is 10.7. The van der Waals surface area contributed by atoms with Gasteiger partial charge in [-0.15, -0.1) is 0 Å². The fourth-order valence-corrected chi connectivity index (χ4v) is 1.38. The molecule has 19 heavy (non-hydrogen) atoms. The van der Waals surface area contributed by atoms with E-state index in [0.29, 0.717) is 5.56 Å². The molecule has 0 radical (unpaired) electrons. The number of rotatable bonds is 4. The molecule has 0 aliphatic heterocycles. The van der Waals surface area contributed by atoms with Gasteiger partial charge in [0.25, 0.3) is 5.91 Å². The Labute approximate surface area is 111 Å². The van der Waals surface area contributed by atoms with Crippen molar-refractivity contribution in [2.24, 2.45) is 0 Å². The highest BCUT2D eigenvalue weighted by atomic mass is 16.4. The molecule has 0 saturated carbocycles. The van der Waals surface area contributed by atoms with Crippen molar-refractivity contribution in [3.63, 3.8) is 0 Å². The Hall–Kier alpha value is -2.61. The van der Waals surface area contributed by atoms with E-state index in [4.69, 9.17) is 10.4 Å². The second-order valence-corrected chi connectivity index (χ2v) is 4.23. The molecule has 0 atom stereocenters. The van der Waals surface area contributed by atoms with E-state index in [9.17, 15) is 9.59 Å². The molecule has 1 aromatic rings. The van der Waals surface area contributed by atoms with E-state index >= 15 is 0 Å². The third kappa shape index (κ3) is 4.28. The van der Waals surface area contributed by atoms with Crippen molar-refractivity contribution < 1.29 is 14.7 Å². The van der Waals surface area contributed by atoms with E-state index in [2.05, 4.69) is 5.32 Å². The Morgan fingerprint density at radius 3 is 2.32 bits per heavy atom. The van der Waals surface area contributed by atoms with Gasteiger partial charge < -0.3 is 10.4 Å². The SMILES string of the molecule is CC(C)NC(=O)C(C#N)=Cc1ccc(C(=O)O)cc1. The van der Waals surface area contributed by atoms with Crippen LogP contribution in [0.3, 0.4) is 0 Å². The molecular formula is C14H14N2O3. The molecule has 0 aliphatic carbocycles. The van der Waals surface area contributed by atoms with Crippen molar-refractivity contribution in [3.05, 3.63) is 41.0 Å². The van der Waals surface area contributed by atoms with E-state index in [1.807, 2.05) is 6.07 Å². The van der Waals surface area contributed by atoms with Gasteiger partial charge in [-0.3, -0.25) is 4.79 Å². The molecule has 0 bridgehead atoms. The summed E-state index contributed by atoms with van der Waals surface area (Å²) >= 11 is 0. The van der Waals surface area contributed by atoms with Crippen LogP contribution >= 0.6 is 0 Å². The van der Waals surface area contributed by atoms with E-state index in [1.165, 1.54) is 18.2 Å². The molecule has 1 rings (SSSR count). The predicted octanol–water partition coefficient (Wildman–Crippen LogP) is 1.82. The minimum Gasteiger partial charge on any atom is -0.478 e. The Morgan fingerprint density at radius 2 is 1.89 bits per heavy atom. The summed E-state index contributed by atoms with van der Waals surface area (Å²) in [6, 6.07) is 7.70. The molecule has 0 spiro atoms. The number of hydrogen-bond acceptors (Lipinski definition) is 3. The quantitative estimate of drug-likeness (QED) is 0.636. The number of nitrogens with zero attached hydrogens (tertiary/aromatic N) is 1. The molecule has 0 aromatic heterocycles. The summed E-state index contributed by atoms with van der Waals surface area (Å²) < 4.78 is 0. The Bertz CT molecular complexity index is 551. The van der Waals surface area contributed by atoms with Crippen molar-refractivity contribution in [2.45, 2.75) is 19.9 Å². The number of benzene rings is 1. The lowest BCUT2D eigenvalue weighted by Gasteiger charge is -2.06. The van der Waals surface area contributed by atoms with Crippen LogP contribution in [-0.2, 0) is 4.79 Å². The number of carbonyl (C=O) groups excluding carboxylic acids is 1. The van der Waals surface area contributed by atoms with Crippen LogP contribution in [0, 0.1) is 11.3 Å². The normalized spacial score (nSPS) is 10.9. The number of carboxylic acids is 1. The third-order valence-corrected chi connectivity index (χ3v) is 2.25. The molecule has 0 heterocycles. The topological polar surface area (TPSA) is 90.2 Å². The maximum absolute atomic E-state index is 11.7. The Kier molecular flexibility index (Phi) is 4.84. The first kappa shape index (κ1) is 14.5. The average Bonchev–Trinajstić information content (AvgIpc) is 2.35. The largest absolute Gasteiger partial charge is 0.478 e. The summed E-state index contributed by atoms with van der Waals surface area (Å²) in [6.45, 7) is 3.60. The fourth-order valence-electron chi connectivity index (χ4n) is 1.38. The number of aromatic carboxylic acids is 1. The van der Waals surface area contributed by atoms with Crippen molar-refractivity contribution in [1.29, 1.82) is 5.26 Å². The van der Waals surface area contributed by atoms with Crippen LogP contribution in [-0.4, -0.2) is 23.0 Å². The monoisotopic (exact) mass is 258 g/mol. The van der Waals surface area contributed by atoms with E-state index in [0.717, 1.165) is 0 Å². The Balaban J connectivity index is 2.95. The molecular weight excluding hydrogens is 244 g/mol. The van der Waals surface area contributed by atoms with Crippen LogP contribution in [0.4, 0.5) is 0 Å². The molecule has 1 aromatic carbocycles. The first-order chi connectivity index (χ1) is 8.93. The van der Waals surface area contributed by atoms with Gasteiger partial charge in [-0.05, 0) is 37.6 Å². The van der Waals surface area contributed by atoms with E-state index in [-0.39, 0.29) is 17.2 Å². The Morgan fingerprint density at radius 1 is 1.32 bits per heavy atom. The molecule has 0 fully saturated rings. The summed E-state index contributed by atoms with van der Waals surface area (Å²) in [4.78, 5) is 22.4. The van der Waals surface area contributed by atoms with E-state index in [1.54, 1.807) is 26.0 Å². The number of amides is 1. The lowest BCUT2D eigenvalue weighted by Crippen LogP contribution is -2.30. The second-order valence-electron chi connectivity index (χ2n) is 4.23. The summed E-state index contributed by atoms with van der Waals surface area (Å²) in [5, 5.41) is 20.3. The fraction of sp³-hybridized carbons (Fsp3) is 0.214. The molecule has 0 unspecified atom stereocenters. The highest BCUT2D eigenvalue weighted by molar-refractivity contribution is 6.01. The lowest BCUT2D eigenvalue weighted by atomic mass is 10.1. The van der Waals surface area contributed by atoms with Crippen molar-refractivity contribution in [2.75, 3.05) is 0 Å². The van der Waals surface area contributed by atoms with Crippen LogP contribution in [0.2, 0.25) is 0 Å². The van der Waals surface area contributed by atoms with Gasteiger partial charge in [0.05, 0.1) is 5.56 Å². The standard InChI is InChI=1S/C14H14N2O3/c1-9(2)16-13(17)12(8-15)7-10-3-5-11(6-4-10)14(18)19/h3-7,9H,1-2H3,(H,16,17)(H,18,19). The van der Waals surface area contributed by atoms with Crippen LogP contribution in [0.25, 0.3) is 6.08 Å². The predicted molar refractivity (Wildman–Crippen MR) is 70.3 cm³/mol. The van der Waals surface area contributed by atoms with E-state index < -0.39 is 11.9 Å². The molecule has 2 N–H and O–H groups in total. The van der Waals surface area contributed by atoms with Crippen LogP contribution in [0.5, 0.6) is 0 Å². The van der Waals surface area contributed by atoms with Crippen molar-refractivity contribution in [1.82, 2.24) is 5.32 Å². The van der Waals surface area contributed by atoms with Crippen molar-refractivity contribution >= 4 is 18.0 Å². The van der Waals surface area contributed by atoms with Gasteiger partial charge in [0.1, 0.15) is 11.6 Å². The summed E-state index contributed by atoms with van der Waals surface area (Å²) in [5.41, 5.74) is 0.736. The van der Waals surface area contributed by atoms with Crippen LogP contribution < -0.4 is 5.32 Å². The molecule has 0 saturated heterocycles. The molecule has 1 amide bonds. The van der Waals surface area contributed by atoms with Crippen LogP contribution in [0.1, 0.15) is 29.8 Å². The maximum atomic E-state index is 11.7. The number of carbonyl (C=O) groups is 2. The number of hydrogen-bond donors (Lipinski definition) is 2. The molecule has 5 heteroatoms. The first-order valence-corrected chi connectivity index (χ1v) is 5.70. The van der Waals surface area contributed by atoms with Crippen LogP contribution in [0.15, 0.2) is 29.8 Å². The maximum Gasteiger partial charge on any atom is 0.335 e. The highest BCUT2D eigenvalue weighted by Crippen LogP contribution is 2.09. The minimum atomic E-state index is -1.02. The lowest BCUT2D eigenvalue weighted by molar-refractivity contribution is -0.117. The second kappa shape index (κ2) is 6.36. The molecule has 98 valence electrons. The summed E-state index contributed by atoms with van der Waals surface area (Å²) in [7, 11) is 0. The number of nitriles is 1. The van der Waals surface area contributed by atoms with Gasteiger partial charge in [0, 0.05) is 6.04 Å². The zero-order chi connectivity index (χ0) is 14.4. The minimum absolute atomic E-state index is 0.0169. The molecule has 0 aliphatic rings. The number of nitrogens with one attached hydrogen (secondary N) is 1. The number of carboxylic acid groups (broad SMARTS) is 1. The van der Waals surface area contributed by atoms with Gasteiger partial charge in [-0.1, -0.05) is 12.1 Å². The third-order valence-electron chi connectivity index (χ3n) is 2.25. The zero-order valence-corrected chi connectivity index (χ0v) is 10.7. The first-order valence-electron chi connectivity index (χ1n) is 5.70. The van der Waals surface area contributed by atoms with Gasteiger partial charge >= 0.3 is 5.97 Å². The molecule has 5 nitrogen and oxygen atoms in total.